The van der Waals surface area contributed by atoms with Gasteiger partial charge in [0.25, 0.3) is 5.91 Å². The Morgan fingerprint density at radius 2 is 1.40 bits per heavy atom. The molecule has 0 saturated heterocycles. The Kier molecular flexibility index (Phi) is 5.71. The van der Waals surface area contributed by atoms with Crippen LogP contribution in [0.3, 0.4) is 0 Å². The zero-order chi connectivity index (χ0) is 20.8. The summed E-state index contributed by atoms with van der Waals surface area (Å²) < 4.78 is 11.0. The maximum Gasteiger partial charge on any atom is 0.274 e. The van der Waals surface area contributed by atoms with Gasteiger partial charge in [-0.25, -0.2) is 4.98 Å². The summed E-state index contributed by atoms with van der Waals surface area (Å²) in [6.07, 6.45) is 0. The Morgan fingerprint density at radius 3 is 2.10 bits per heavy atom. The van der Waals surface area contributed by atoms with Gasteiger partial charge in [0.05, 0.1) is 12.8 Å². The molecular weight excluding hydrogens is 376 g/mol. The molecule has 0 bridgehead atoms. The number of rotatable bonds is 6. The van der Waals surface area contributed by atoms with Crippen LogP contribution in [0, 0.1) is 0 Å². The molecule has 4 aromatic rings. The molecule has 0 aliphatic carbocycles. The Balaban J connectivity index is 1.44. The van der Waals surface area contributed by atoms with Crippen molar-refractivity contribution in [2.75, 3.05) is 12.4 Å². The van der Waals surface area contributed by atoms with Crippen LogP contribution in [-0.2, 0) is 0 Å². The van der Waals surface area contributed by atoms with Crippen molar-refractivity contribution in [2.45, 2.75) is 0 Å². The van der Waals surface area contributed by atoms with Crippen LogP contribution in [-0.4, -0.2) is 18.0 Å². The van der Waals surface area contributed by atoms with E-state index in [1.807, 2.05) is 78.9 Å². The number of hydrogen-bond acceptors (Lipinski definition) is 4. The van der Waals surface area contributed by atoms with E-state index in [0.29, 0.717) is 17.1 Å². The summed E-state index contributed by atoms with van der Waals surface area (Å²) in [5.41, 5.74) is 2.63. The molecule has 0 saturated carbocycles. The number of carbonyl (C=O) groups excluding carboxylic acids is 1. The first-order valence-corrected chi connectivity index (χ1v) is 9.47. The van der Waals surface area contributed by atoms with Gasteiger partial charge in [-0.3, -0.25) is 4.79 Å². The number of anilines is 1. The highest BCUT2D eigenvalue weighted by atomic mass is 16.5. The van der Waals surface area contributed by atoms with E-state index in [1.54, 1.807) is 25.3 Å². The van der Waals surface area contributed by atoms with E-state index >= 15 is 0 Å². The number of carbonyl (C=O) groups is 1. The first-order valence-electron chi connectivity index (χ1n) is 9.47. The summed E-state index contributed by atoms with van der Waals surface area (Å²) in [6.45, 7) is 0. The number of nitrogens with one attached hydrogen (secondary N) is 1. The molecule has 4 rings (SSSR count). The van der Waals surface area contributed by atoms with E-state index < -0.39 is 0 Å². The van der Waals surface area contributed by atoms with Crippen LogP contribution >= 0.6 is 0 Å². The van der Waals surface area contributed by atoms with Crippen LogP contribution in [0.2, 0.25) is 0 Å². The van der Waals surface area contributed by atoms with Crippen molar-refractivity contribution in [3.63, 3.8) is 0 Å². The highest BCUT2D eigenvalue weighted by molar-refractivity contribution is 6.03. The second-order valence-electron chi connectivity index (χ2n) is 6.53. The maximum absolute atomic E-state index is 12.6. The van der Waals surface area contributed by atoms with Crippen molar-refractivity contribution in [1.29, 1.82) is 0 Å². The number of aromatic nitrogens is 1. The van der Waals surface area contributed by atoms with Gasteiger partial charge in [-0.15, -0.1) is 0 Å². The minimum absolute atomic E-state index is 0.276. The van der Waals surface area contributed by atoms with Crippen molar-refractivity contribution >= 4 is 11.6 Å². The van der Waals surface area contributed by atoms with Crippen molar-refractivity contribution in [3.8, 4) is 28.5 Å². The number of amides is 1. The van der Waals surface area contributed by atoms with Gasteiger partial charge >= 0.3 is 0 Å². The lowest BCUT2D eigenvalue weighted by molar-refractivity contribution is 0.102. The number of pyridine rings is 1. The molecule has 0 atom stereocenters. The summed E-state index contributed by atoms with van der Waals surface area (Å²) in [4.78, 5) is 17.1. The predicted octanol–water partition coefficient (Wildman–Crippen LogP) is 5.80. The standard InChI is InChI=1S/C25H20N2O3/c1-29-20-14-10-18(11-15-20)23-8-5-9-24(27-23)25(28)26-19-12-16-22(17-13-19)30-21-6-3-2-4-7-21/h2-17H,1H3,(H,26,28). The van der Waals surface area contributed by atoms with Crippen LogP contribution in [0.1, 0.15) is 10.5 Å². The lowest BCUT2D eigenvalue weighted by atomic mass is 10.1. The highest BCUT2D eigenvalue weighted by Gasteiger charge is 2.10. The minimum Gasteiger partial charge on any atom is -0.497 e. The van der Waals surface area contributed by atoms with Gasteiger partial charge in [-0.05, 0) is 72.8 Å². The number of benzene rings is 3. The number of ether oxygens (including phenoxy) is 2. The van der Waals surface area contributed by atoms with E-state index in [-0.39, 0.29) is 5.91 Å². The molecule has 1 aromatic heterocycles. The number of methoxy groups -OCH3 is 1. The fourth-order valence-corrected chi connectivity index (χ4v) is 2.91. The van der Waals surface area contributed by atoms with Crippen LogP contribution < -0.4 is 14.8 Å². The van der Waals surface area contributed by atoms with Gasteiger partial charge < -0.3 is 14.8 Å². The van der Waals surface area contributed by atoms with Crippen LogP contribution in [0.5, 0.6) is 17.2 Å². The molecular formula is C25H20N2O3. The maximum atomic E-state index is 12.6. The summed E-state index contributed by atoms with van der Waals surface area (Å²) in [6, 6.07) is 29.7. The van der Waals surface area contributed by atoms with E-state index in [0.717, 1.165) is 22.8 Å². The van der Waals surface area contributed by atoms with Gasteiger partial charge in [0.15, 0.2) is 0 Å². The van der Waals surface area contributed by atoms with E-state index in [4.69, 9.17) is 9.47 Å². The third-order valence-electron chi connectivity index (χ3n) is 4.46. The number of hydrogen-bond donors (Lipinski definition) is 1. The Labute approximate surface area is 174 Å². The molecule has 1 amide bonds. The van der Waals surface area contributed by atoms with Crippen molar-refractivity contribution in [3.05, 3.63) is 103 Å². The average Bonchev–Trinajstić information content (AvgIpc) is 2.81. The van der Waals surface area contributed by atoms with Gasteiger partial charge in [-0.1, -0.05) is 24.3 Å². The second kappa shape index (κ2) is 8.92. The zero-order valence-electron chi connectivity index (χ0n) is 16.4. The molecule has 0 aliphatic rings. The molecule has 3 aromatic carbocycles. The van der Waals surface area contributed by atoms with E-state index in [9.17, 15) is 4.79 Å². The molecule has 0 fully saturated rings. The SMILES string of the molecule is COc1ccc(-c2cccc(C(=O)Nc3ccc(Oc4ccccc4)cc3)n2)cc1. The summed E-state index contributed by atoms with van der Waals surface area (Å²) in [5.74, 6) is 1.95. The average molecular weight is 396 g/mol. The summed E-state index contributed by atoms with van der Waals surface area (Å²) >= 11 is 0. The molecule has 1 heterocycles. The van der Waals surface area contributed by atoms with Crippen LogP contribution in [0.15, 0.2) is 97.1 Å². The summed E-state index contributed by atoms with van der Waals surface area (Å²) in [5, 5.41) is 2.87. The topological polar surface area (TPSA) is 60.5 Å². The van der Waals surface area contributed by atoms with Gasteiger partial charge in [0.1, 0.15) is 22.9 Å². The van der Waals surface area contributed by atoms with Crippen LogP contribution in [0.25, 0.3) is 11.3 Å². The quantitative estimate of drug-likeness (QED) is 0.447. The van der Waals surface area contributed by atoms with Crippen molar-refractivity contribution in [2.24, 2.45) is 0 Å². The largest absolute Gasteiger partial charge is 0.497 e. The molecule has 30 heavy (non-hydrogen) atoms. The molecule has 0 unspecified atom stereocenters. The third kappa shape index (κ3) is 4.64. The second-order valence-corrected chi connectivity index (χ2v) is 6.53. The molecule has 0 spiro atoms. The lowest BCUT2D eigenvalue weighted by Gasteiger charge is -2.09. The first-order chi connectivity index (χ1) is 14.7. The minimum atomic E-state index is -0.276. The monoisotopic (exact) mass is 396 g/mol. The lowest BCUT2D eigenvalue weighted by Crippen LogP contribution is -2.13. The van der Waals surface area contributed by atoms with Crippen LogP contribution in [0.4, 0.5) is 5.69 Å². The van der Waals surface area contributed by atoms with Crippen molar-refractivity contribution < 1.29 is 14.3 Å². The molecule has 148 valence electrons. The van der Waals surface area contributed by atoms with Crippen molar-refractivity contribution in [1.82, 2.24) is 4.98 Å². The molecule has 0 radical (unpaired) electrons. The molecule has 1 N–H and O–H groups in total. The fourth-order valence-electron chi connectivity index (χ4n) is 2.91. The smallest absolute Gasteiger partial charge is 0.274 e. The van der Waals surface area contributed by atoms with Gasteiger partial charge in [0, 0.05) is 11.3 Å². The van der Waals surface area contributed by atoms with Gasteiger partial charge in [-0.2, -0.15) is 0 Å². The van der Waals surface area contributed by atoms with E-state index in [2.05, 4.69) is 10.3 Å². The Morgan fingerprint density at radius 1 is 0.733 bits per heavy atom. The third-order valence-corrected chi connectivity index (χ3v) is 4.46. The summed E-state index contributed by atoms with van der Waals surface area (Å²) in [7, 11) is 1.62. The molecule has 5 heteroatoms. The first kappa shape index (κ1) is 19.2. The number of nitrogens with zero attached hydrogens (tertiary/aromatic N) is 1. The van der Waals surface area contributed by atoms with Gasteiger partial charge in [0.2, 0.25) is 0 Å². The number of para-hydroxylation sites is 1. The molecule has 0 aliphatic heterocycles. The normalized spacial score (nSPS) is 10.3. The molecule has 5 nitrogen and oxygen atoms in total. The Hall–Kier alpha value is -4.12. The highest BCUT2D eigenvalue weighted by Crippen LogP contribution is 2.24. The van der Waals surface area contributed by atoms with E-state index in [1.165, 1.54) is 0 Å². The Bertz CT molecular complexity index is 1130. The fraction of sp³-hybridized carbons (Fsp3) is 0.0400. The zero-order valence-corrected chi connectivity index (χ0v) is 16.4. The predicted molar refractivity (Wildman–Crippen MR) is 117 cm³/mol.